The minimum absolute atomic E-state index is 0.0636. The molecule has 4 atom stereocenters. The Bertz CT molecular complexity index is 1010. The molecule has 1 saturated carbocycles. The molecule has 33 heavy (non-hydrogen) atoms. The molecule has 0 aromatic heterocycles. The first-order chi connectivity index (χ1) is 16.3. The third-order valence-corrected chi connectivity index (χ3v) is 5.93. The van der Waals surface area contributed by atoms with Crippen LogP contribution in [0.5, 0.6) is 0 Å². The number of rotatable bonds is 11. The molecule has 1 fully saturated rings. The molecule has 1 aliphatic carbocycles. The zero-order valence-corrected chi connectivity index (χ0v) is 18.6. The van der Waals surface area contributed by atoms with Crippen LogP contribution in [-0.2, 0) is 34.0 Å². The van der Waals surface area contributed by atoms with Crippen molar-refractivity contribution < 1.29 is 14.2 Å². The fourth-order valence-corrected chi connectivity index (χ4v) is 4.28. The minimum Gasteiger partial charge on any atom is -0.376 e. The van der Waals surface area contributed by atoms with Crippen molar-refractivity contribution in [2.45, 2.75) is 44.5 Å². The summed E-state index contributed by atoms with van der Waals surface area (Å²) in [5.41, 5.74) is 12.5. The molecule has 0 saturated heterocycles. The molecule has 0 radical (unpaired) electrons. The van der Waals surface area contributed by atoms with Crippen LogP contribution in [-0.4, -0.2) is 24.9 Å². The van der Waals surface area contributed by atoms with Gasteiger partial charge in [0.05, 0.1) is 44.7 Å². The summed E-state index contributed by atoms with van der Waals surface area (Å²) < 4.78 is 18.8. The normalized spacial score (nSPS) is 22.1. The van der Waals surface area contributed by atoms with Gasteiger partial charge in [0.25, 0.3) is 0 Å². The van der Waals surface area contributed by atoms with Crippen molar-refractivity contribution in [2.24, 2.45) is 11.0 Å². The van der Waals surface area contributed by atoms with Gasteiger partial charge in [-0.2, -0.15) is 0 Å². The van der Waals surface area contributed by atoms with Crippen LogP contribution in [0.15, 0.2) is 96.1 Å². The van der Waals surface area contributed by atoms with E-state index in [0.717, 1.165) is 16.7 Å². The van der Waals surface area contributed by atoms with E-state index < -0.39 is 0 Å². The highest BCUT2D eigenvalue weighted by Gasteiger charge is 2.44. The topological polar surface area (TPSA) is 76.5 Å². The van der Waals surface area contributed by atoms with Crippen LogP contribution in [0.3, 0.4) is 0 Å². The van der Waals surface area contributed by atoms with Gasteiger partial charge in [0.1, 0.15) is 0 Å². The van der Waals surface area contributed by atoms with E-state index in [0.29, 0.717) is 32.8 Å². The average molecular weight is 444 g/mol. The zero-order valence-electron chi connectivity index (χ0n) is 18.6. The Morgan fingerprint density at radius 3 is 1.70 bits per heavy atom. The molecule has 3 aromatic carbocycles. The summed E-state index contributed by atoms with van der Waals surface area (Å²) in [6, 6.07) is 29.9. The second kappa shape index (κ2) is 12.2. The third kappa shape index (κ3) is 6.67. The highest BCUT2D eigenvalue weighted by molar-refractivity contribution is 5.15. The van der Waals surface area contributed by atoms with E-state index in [4.69, 9.17) is 19.7 Å². The van der Waals surface area contributed by atoms with Crippen molar-refractivity contribution in [2.75, 3.05) is 6.61 Å². The van der Waals surface area contributed by atoms with Crippen molar-refractivity contribution in [3.8, 4) is 0 Å². The van der Waals surface area contributed by atoms with Gasteiger partial charge in [-0.05, 0) is 28.6 Å². The van der Waals surface area contributed by atoms with E-state index in [9.17, 15) is 0 Å². The first kappa shape index (κ1) is 23.0. The molecule has 0 heterocycles. The van der Waals surface area contributed by atoms with Crippen LogP contribution < -0.4 is 0 Å². The van der Waals surface area contributed by atoms with Gasteiger partial charge in [0.15, 0.2) is 0 Å². The zero-order chi connectivity index (χ0) is 22.7. The van der Waals surface area contributed by atoms with E-state index in [2.05, 4.69) is 10.0 Å². The number of hydrogen-bond donors (Lipinski definition) is 0. The number of benzene rings is 3. The Morgan fingerprint density at radius 2 is 1.18 bits per heavy atom. The number of nitrogens with zero attached hydrogens (tertiary/aromatic N) is 3. The summed E-state index contributed by atoms with van der Waals surface area (Å²) >= 11 is 0. The molecular formula is C27H29N3O3. The summed E-state index contributed by atoms with van der Waals surface area (Å²) in [5, 5.41) is 4.06. The van der Waals surface area contributed by atoms with Crippen LogP contribution >= 0.6 is 0 Å². The summed E-state index contributed by atoms with van der Waals surface area (Å²) in [7, 11) is 0. The van der Waals surface area contributed by atoms with Crippen LogP contribution in [0.1, 0.15) is 23.1 Å². The Hall–Kier alpha value is -3.15. The Morgan fingerprint density at radius 1 is 0.697 bits per heavy atom. The molecule has 0 N–H and O–H groups in total. The molecule has 3 aromatic rings. The van der Waals surface area contributed by atoms with E-state index in [1.807, 2.05) is 91.0 Å². The smallest absolute Gasteiger partial charge is 0.0929 e. The van der Waals surface area contributed by atoms with Crippen molar-refractivity contribution in [3.63, 3.8) is 0 Å². The van der Waals surface area contributed by atoms with E-state index >= 15 is 0 Å². The lowest BCUT2D eigenvalue weighted by molar-refractivity contribution is -0.0976. The summed E-state index contributed by atoms with van der Waals surface area (Å²) in [6.07, 6.45) is 0.0907. The maximum Gasteiger partial charge on any atom is 0.0929 e. The predicted octanol–water partition coefficient (Wildman–Crippen LogP) is 6.07. The molecule has 4 rings (SSSR count). The summed E-state index contributed by atoms with van der Waals surface area (Å²) in [5.74, 6) is 0.0636. The standard InChI is InChI=1S/C27H29N3O3/c28-30-29-25-16-24(20-31-17-21-10-4-1-5-11-21)26(32-18-22-12-6-2-7-13-22)27(25)33-19-23-14-8-3-9-15-23/h1-15,24-27H,16-20H2/t24-,25-,26+,27?/m1/s1. The number of azide groups is 1. The predicted molar refractivity (Wildman–Crippen MR) is 127 cm³/mol. The van der Waals surface area contributed by atoms with Gasteiger partial charge >= 0.3 is 0 Å². The lowest BCUT2D eigenvalue weighted by Gasteiger charge is -2.27. The molecular weight excluding hydrogens is 414 g/mol. The van der Waals surface area contributed by atoms with Crippen molar-refractivity contribution in [3.05, 3.63) is 118 Å². The van der Waals surface area contributed by atoms with Gasteiger partial charge < -0.3 is 14.2 Å². The van der Waals surface area contributed by atoms with Crippen molar-refractivity contribution in [1.29, 1.82) is 0 Å². The van der Waals surface area contributed by atoms with E-state index in [-0.39, 0.29) is 24.2 Å². The SMILES string of the molecule is [N-]=[N+]=N[C@@H]1C[C@H](COCc2ccccc2)[C@H](OCc2ccccc2)C1OCc1ccccc1. The first-order valence-corrected chi connectivity index (χ1v) is 11.3. The molecule has 0 aliphatic heterocycles. The Labute approximate surface area is 194 Å². The van der Waals surface area contributed by atoms with Gasteiger partial charge in [-0.15, -0.1) is 0 Å². The highest BCUT2D eigenvalue weighted by Crippen LogP contribution is 2.35. The second-order valence-corrected chi connectivity index (χ2v) is 8.29. The van der Waals surface area contributed by atoms with Gasteiger partial charge in [-0.3, -0.25) is 0 Å². The van der Waals surface area contributed by atoms with Crippen LogP contribution in [0.25, 0.3) is 10.4 Å². The molecule has 1 unspecified atom stereocenters. The molecule has 0 bridgehead atoms. The monoisotopic (exact) mass is 443 g/mol. The highest BCUT2D eigenvalue weighted by atomic mass is 16.5. The summed E-state index contributed by atoms with van der Waals surface area (Å²) in [4.78, 5) is 3.09. The molecule has 0 spiro atoms. The average Bonchev–Trinajstić information content (AvgIpc) is 3.19. The lowest BCUT2D eigenvalue weighted by Crippen LogP contribution is -2.36. The maximum atomic E-state index is 9.17. The largest absolute Gasteiger partial charge is 0.376 e. The minimum atomic E-state index is -0.338. The first-order valence-electron chi connectivity index (χ1n) is 11.3. The fraction of sp³-hybridized carbons (Fsp3) is 0.333. The van der Waals surface area contributed by atoms with Crippen LogP contribution in [0.2, 0.25) is 0 Å². The second-order valence-electron chi connectivity index (χ2n) is 8.29. The van der Waals surface area contributed by atoms with Crippen LogP contribution in [0, 0.1) is 5.92 Å². The fourth-order valence-electron chi connectivity index (χ4n) is 4.28. The Balaban J connectivity index is 1.46. The third-order valence-electron chi connectivity index (χ3n) is 5.93. The molecule has 1 aliphatic rings. The van der Waals surface area contributed by atoms with Crippen molar-refractivity contribution in [1.82, 2.24) is 0 Å². The van der Waals surface area contributed by atoms with E-state index in [1.165, 1.54) is 0 Å². The van der Waals surface area contributed by atoms with Gasteiger partial charge in [0.2, 0.25) is 0 Å². The quantitative estimate of drug-likeness (QED) is 0.205. The maximum absolute atomic E-state index is 9.17. The lowest BCUT2D eigenvalue weighted by atomic mass is 10.1. The van der Waals surface area contributed by atoms with E-state index in [1.54, 1.807) is 0 Å². The van der Waals surface area contributed by atoms with Gasteiger partial charge in [-0.1, -0.05) is 96.1 Å². The van der Waals surface area contributed by atoms with Crippen LogP contribution in [0.4, 0.5) is 0 Å². The molecule has 6 nitrogen and oxygen atoms in total. The van der Waals surface area contributed by atoms with Gasteiger partial charge in [0, 0.05) is 10.8 Å². The van der Waals surface area contributed by atoms with Crippen molar-refractivity contribution >= 4 is 0 Å². The molecule has 6 heteroatoms. The molecule has 0 amide bonds. The Kier molecular flexibility index (Phi) is 8.50. The van der Waals surface area contributed by atoms with Gasteiger partial charge in [-0.25, -0.2) is 0 Å². The number of ether oxygens (including phenoxy) is 3. The molecule has 170 valence electrons. The number of hydrogen-bond acceptors (Lipinski definition) is 4. The summed E-state index contributed by atoms with van der Waals surface area (Å²) in [6.45, 7) is 1.95.